The number of likely N-dealkylation sites (tertiary alicyclic amines) is 1. The summed E-state index contributed by atoms with van der Waals surface area (Å²) in [4.78, 5) is 55.4. The lowest BCUT2D eigenvalue weighted by atomic mass is 9.81. The summed E-state index contributed by atoms with van der Waals surface area (Å²) in [6, 6.07) is -0.499. The van der Waals surface area contributed by atoms with Gasteiger partial charge in [-0.2, -0.15) is 0 Å². The fourth-order valence-corrected chi connectivity index (χ4v) is 5.11. The van der Waals surface area contributed by atoms with Crippen LogP contribution in [0.1, 0.15) is 65.2 Å². The molecule has 0 radical (unpaired) electrons. The number of piperidine rings is 1. The maximum atomic E-state index is 13.4. The predicted molar refractivity (Wildman–Crippen MR) is 111 cm³/mol. The number of carbonyl (C=O) groups is 4. The zero-order valence-corrected chi connectivity index (χ0v) is 18.4. The number of urea groups is 1. The number of carbonyl (C=O) groups excluding carboxylic acids is 3. The summed E-state index contributed by atoms with van der Waals surface area (Å²) in [6.07, 6.45) is 7.69. The molecule has 2 atom stereocenters. The molecule has 1 saturated carbocycles. The Morgan fingerprint density at radius 3 is 2.13 bits per heavy atom. The van der Waals surface area contributed by atoms with Gasteiger partial charge in [0.2, 0.25) is 5.91 Å². The van der Waals surface area contributed by atoms with Crippen molar-refractivity contribution in [2.45, 2.75) is 70.8 Å². The number of imide groups is 1. The average Bonchev–Trinajstić information content (AvgIpc) is 3.28. The van der Waals surface area contributed by atoms with Crippen LogP contribution < -0.4 is 0 Å². The number of carboxylic acids is 1. The number of amides is 4. The summed E-state index contributed by atoms with van der Waals surface area (Å²) in [6.45, 7) is 4.36. The van der Waals surface area contributed by atoms with Gasteiger partial charge in [-0.05, 0) is 45.4 Å². The van der Waals surface area contributed by atoms with Gasteiger partial charge < -0.3 is 14.9 Å². The molecule has 1 N–H and O–H groups in total. The first-order valence-electron chi connectivity index (χ1n) is 11.3. The SMILES string of the molecule is CN1C(=O)N(C[C@H](C(=O)O)C(CC2CCCC2)C(=O)N2CCCCC2)C(=O)C1(C)C. The van der Waals surface area contributed by atoms with E-state index >= 15 is 0 Å². The molecule has 0 bridgehead atoms. The van der Waals surface area contributed by atoms with E-state index in [-0.39, 0.29) is 12.5 Å². The number of nitrogens with zero attached hydrogens (tertiary/aromatic N) is 3. The Kier molecular flexibility index (Phi) is 6.72. The molecule has 3 fully saturated rings. The van der Waals surface area contributed by atoms with Crippen LogP contribution in [0.2, 0.25) is 0 Å². The van der Waals surface area contributed by atoms with Crippen LogP contribution in [0.3, 0.4) is 0 Å². The van der Waals surface area contributed by atoms with Crippen molar-refractivity contribution in [3.63, 3.8) is 0 Å². The van der Waals surface area contributed by atoms with Crippen LogP contribution in [-0.4, -0.2) is 75.8 Å². The zero-order valence-electron chi connectivity index (χ0n) is 18.4. The van der Waals surface area contributed by atoms with Crippen molar-refractivity contribution in [3.8, 4) is 0 Å². The van der Waals surface area contributed by atoms with Gasteiger partial charge in [-0.3, -0.25) is 19.3 Å². The summed E-state index contributed by atoms with van der Waals surface area (Å²) in [5, 5.41) is 10.1. The molecular weight excluding hydrogens is 386 g/mol. The van der Waals surface area contributed by atoms with E-state index in [1.54, 1.807) is 25.8 Å². The van der Waals surface area contributed by atoms with Gasteiger partial charge >= 0.3 is 12.0 Å². The predicted octanol–water partition coefficient (Wildman–Crippen LogP) is 2.57. The molecule has 4 amide bonds. The van der Waals surface area contributed by atoms with Gasteiger partial charge in [0.25, 0.3) is 5.91 Å². The van der Waals surface area contributed by atoms with E-state index in [0.717, 1.165) is 49.8 Å². The molecule has 3 aliphatic rings. The lowest BCUT2D eigenvalue weighted by Gasteiger charge is -2.34. The van der Waals surface area contributed by atoms with Gasteiger partial charge in [0, 0.05) is 26.7 Å². The van der Waals surface area contributed by atoms with Gasteiger partial charge in [-0.15, -0.1) is 0 Å². The lowest BCUT2D eigenvalue weighted by molar-refractivity contribution is -0.153. The molecule has 1 aliphatic carbocycles. The maximum Gasteiger partial charge on any atom is 0.327 e. The van der Waals surface area contributed by atoms with Crippen molar-refractivity contribution in [2.75, 3.05) is 26.7 Å². The van der Waals surface area contributed by atoms with Crippen LogP contribution >= 0.6 is 0 Å². The Hall–Kier alpha value is -2.12. The molecule has 2 heterocycles. The summed E-state index contributed by atoms with van der Waals surface area (Å²) in [5.74, 6) is -3.12. The van der Waals surface area contributed by atoms with E-state index in [4.69, 9.17) is 0 Å². The van der Waals surface area contributed by atoms with Crippen LogP contribution in [0, 0.1) is 17.8 Å². The third-order valence-electron chi connectivity index (χ3n) is 7.35. The smallest absolute Gasteiger partial charge is 0.327 e. The molecule has 168 valence electrons. The second-order valence-corrected chi connectivity index (χ2v) is 9.64. The second kappa shape index (κ2) is 8.94. The lowest BCUT2D eigenvalue weighted by Crippen LogP contribution is -2.48. The second-order valence-electron chi connectivity index (χ2n) is 9.64. The van der Waals surface area contributed by atoms with Crippen molar-refractivity contribution in [1.29, 1.82) is 0 Å². The minimum absolute atomic E-state index is 0.124. The van der Waals surface area contributed by atoms with Gasteiger partial charge in [-0.1, -0.05) is 25.7 Å². The quantitative estimate of drug-likeness (QED) is 0.637. The fourth-order valence-electron chi connectivity index (χ4n) is 5.11. The fraction of sp³-hybridized carbons (Fsp3) is 0.818. The highest BCUT2D eigenvalue weighted by Gasteiger charge is 2.51. The summed E-state index contributed by atoms with van der Waals surface area (Å²) < 4.78 is 0. The molecule has 8 nitrogen and oxygen atoms in total. The molecule has 3 rings (SSSR count). The molecular formula is C22H35N3O5. The van der Waals surface area contributed by atoms with Crippen LogP contribution in [-0.2, 0) is 14.4 Å². The molecule has 0 aromatic rings. The Labute approximate surface area is 178 Å². The average molecular weight is 422 g/mol. The van der Waals surface area contributed by atoms with Crippen molar-refractivity contribution in [3.05, 3.63) is 0 Å². The highest BCUT2D eigenvalue weighted by molar-refractivity contribution is 6.06. The van der Waals surface area contributed by atoms with Crippen LogP contribution in [0.5, 0.6) is 0 Å². The molecule has 8 heteroatoms. The Morgan fingerprint density at radius 2 is 1.63 bits per heavy atom. The first-order valence-corrected chi connectivity index (χ1v) is 11.3. The molecule has 0 aromatic heterocycles. The van der Waals surface area contributed by atoms with E-state index < -0.39 is 35.3 Å². The Bertz CT molecular complexity index is 695. The molecule has 0 spiro atoms. The van der Waals surface area contributed by atoms with Gasteiger partial charge in [0.15, 0.2) is 0 Å². The van der Waals surface area contributed by atoms with E-state index in [9.17, 15) is 24.3 Å². The van der Waals surface area contributed by atoms with Gasteiger partial charge in [0.1, 0.15) is 5.54 Å². The van der Waals surface area contributed by atoms with Crippen molar-refractivity contribution >= 4 is 23.8 Å². The number of carboxylic acid groups (broad SMARTS) is 1. The summed E-state index contributed by atoms with van der Waals surface area (Å²) in [7, 11) is 1.55. The normalized spacial score (nSPS) is 24.4. The molecule has 1 unspecified atom stereocenters. The third-order valence-corrected chi connectivity index (χ3v) is 7.35. The standard InChI is InChI=1S/C22H35N3O5/c1-22(2)20(29)25(21(30)23(22)3)14-17(19(27)28)16(13-15-9-5-6-10-15)18(26)24-11-7-4-8-12-24/h15-17H,4-14H2,1-3H3,(H,27,28)/t16?,17-/m0/s1. The highest BCUT2D eigenvalue weighted by atomic mass is 16.4. The van der Waals surface area contributed by atoms with E-state index in [0.29, 0.717) is 25.4 Å². The third kappa shape index (κ3) is 4.32. The van der Waals surface area contributed by atoms with E-state index in [2.05, 4.69) is 0 Å². The number of rotatable bonds is 7. The number of hydrogen-bond acceptors (Lipinski definition) is 4. The van der Waals surface area contributed by atoms with Gasteiger partial charge in [0.05, 0.1) is 11.8 Å². The first kappa shape index (κ1) is 22.6. The summed E-state index contributed by atoms with van der Waals surface area (Å²) in [5.41, 5.74) is -1.02. The van der Waals surface area contributed by atoms with Crippen molar-refractivity contribution in [1.82, 2.24) is 14.7 Å². The van der Waals surface area contributed by atoms with Crippen LogP contribution in [0.4, 0.5) is 4.79 Å². The minimum Gasteiger partial charge on any atom is -0.481 e. The number of hydrogen-bond donors (Lipinski definition) is 1. The van der Waals surface area contributed by atoms with Crippen LogP contribution in [0.15, 0.2) is 0 Å². The topological polar surface area (TPSA) is 98.2 Å². The monoisotopic (exact) mass is 421 g/mol. The Morgan fingerprint density at radius 1 is 1.03 bits per heavy atom. The van der Waals surface area contributed by atoms with Gasteiger partial charge in [-0.25, -0.2) is 4.79 Å². The molecule has 2 aliphatic heterocycles. The molecule has 2 saturated heterocycles. The first-order chi connectivity index (χ1) is 14.1. The minimum atomic E-state index is -1.11. The highest BCUT2D eigenvalue weighted by Crippen LogP contribution is 2.36. The van der Waals surface area contributed by atoms with Crippen LogP contribution in [0.25, 0.3) is 0 Å². The largest absolute Gasteiger partial charge is 0.481 e. The number of likely N-dealkylation sites (N-methyl/N-ethyl adjacent to an activating group) is 1. The van der Waals surface area contributed by atoms with E-state index in [1.165, 1.54) is 4.90 Å². The van der Waals surface area contributed by atoms with E-state index in [1.807, 2.05) is 0 Å². The Balaban J connectivity index is 1.85. The molecule has 30 heavy (non-hydrogen) atoms. The van der Waals surface area contributed by atoms with Crippen molar-refractivity contribution in [2.24, 2.45) is 17.8 Å². The zero-order chi connectivity index (χ0) is 22.1. The summed E-state index contributed by atoms with van der Waals surface area (Å²) >= 11 is 0. The van der Waals surface area contributed by atoms with Crippen molar-refractivity contribution < 1.29 is 24.3 Å². The maximum absolute atomic E-state index is 13.4. The number of aliphatic carboxylic acids is 1. The molecule has 0 aromatic carbocycles.